The summed E-state index contributed by atoms with van der Waals surface area (Å²) >= 11 is 3.45. The van der Waals surface area contributed by atoms with Crippen LogP contribution in [0.15, 0.2) is 53.0 Å². The standard InChI is InChI=1S/C14H13BrO2/c1-16-14-8-7-11(9-13(14)15)10-17-12-5-3-2-4-6-12/h2-9H,10H2,1H3. The molecule has 0 spiro atoms. The van der Waals surface area contributed by atoms with Crippen LogP contribution in [0.1, 0.15) is 5.56 Å². The van der Waals surface area contributed by atoms with Gasteiger partial charge in [0.25, 0.3) is 0 Å². The summed E-state index contributed by atoms with van der Waals surface area (Å²) in [7, 11) is 1.65. The molecule has 0 aliphatic carbocycles. The molecule has 2 nitrogen and oxygen atoms in total. The Labute approximate surface area is 109 Å². The zero-order valence-electron chi connectivity index (χ0n) is 9.52. The van der Waals surface area contributed by atoms with Crippen LogP contribution in [0.5, 0.6) is 11.5 Å². The van der Waals surface area contributed by atoms with Gasteiger partial charge in [0.15, 0.2) is 0 Å². The molecule has 17 heavy (non-hydrogen) atoms. The lowest BCUT2D eigenvalue weighted by Gasteiger charge is -2.08. The van der Waals surface area contributed by atoms with Crippen molar-refractivity contribution in [1.29, 1.82) is 0 Å². The molecule has 0 bridgehead atoms. The number of benzene rings is 2. The molecule has 2 aromatic rings. The molecular weight excluding hydrogens is 280 g/mol. The van der Waals surface area contributed by atoms with Gasteiger partial charge in [-0.15, -0.1) is 0 Å². The zero-order valence-corrected chi connectivity index (χ0v) is 11.1. The van der Waals surface area contributed by atoms with Gasteiger partial charge in [-0.25, -0.2) is 0 Å². The van der Waals surface area contributed by atoms with Gasteiger partial charge in [0.2, 0.25) is 0 Å². The molecule has 3 heteroatoms. The highest BCUT2D eigenvalue weighted by Gasteiger charge is 2.01. The van der Waals surface area contributed by atoms with E-state index in [-0.39, 0.29) is 0 Å². The van der Waals surface area contributed by atoms with E-state index in [4.69, 9.17) is 9.47 Å². The van der Waals surface area contributed by atoms with E-state index in [1.165, 1.54) is 0 Å². The summed E-state index contributed by atoms with van der Waals surface area (Å²) in [5, 5.41) is 0. The molecule has 2 aromatic carbocycles. The second-order valence-electron chi connectivity index (χ2n) is 3.57. The number of para-hydroxylation sites is 1. The van der Waals surface area contributed by atoms with Crippen molar-refractivity contribution in [3.05, 3.63) is 58.6 Å². The zero-order chi connectivity index (χ0) is 12.1. The minimum Gasteiger partial charge on any atom is -0.496 e. The summed E-state index contributed by atoms with van der Waals surface area (Å²) in [5.41, 5.74) is 1.10. The molecule has 0 heterocycles. The van der Waals surface area contributed by atoms with E-state index in [2.05, 4.69) is 15.9 Å². The fourth-order valence-electron chi connectivity index (χ4n) is 1.48. The van der Waals surface area contributed by atoms with Gasteiger partial charge in [0, 0.05) is 0 Å². The molecule has 0 aliphatic rings. The Balaban J connectivity index is 2.02. The Morgan fingerprint density at radius 2 is 1.82 bits per heavy atom. The Hall–Kier alpha value is -1.48. The Kier molecular flexibility index (Phi) is 4.04. The predicted molar refractivity (Wildman–Crippen MR) is 71.5 cm³/mol. The highest BCUT2D eigenvalue weighted by atomic mass is 79.9. The van der Waals surface area contributed by atoms with Crippen LogP contribution in [0.25, 0.3) is 0 Å². The van der Waals surface area contributed by atoms with Gasteiger partial charge in [0.1, 0.15) is 18.1 Å². The van der Waals surface area contributed by atoms with Crippen LogP contribution in [0, 0.1) is 0 Å². The molecule has 0 atom stereocenters. The number of halogens is 1. The largest absolute Gasteiger partial charge is 0.496 e. The molecule has 0 saturated carbocycles. The van der Waals surface area contributed by atoms with E-state index in [1.54, 1.807) is 7.11 Å². The monoisotopic (exact) mass is 292 g/mol. The smallest absolute Gasteiger partial charge is 0.133 e. The van der Waals surface area contributed by atoms with Crippen molar-refractivity contribution in [2.45, 2.75) is 6.61 Å². The Morgan fingerprint density at radius 1 is 1.06 bits per heavy atom. The lowest BCUT2D eigenvalue weighted by molar-refractivity contribution is 0.306. The predicted octanol–water partition coefficient (Wildman–Crippen LogP) is 4.04. The molecule has 0 fully saturated rings. The van der Waals surface area contributed by atoms with Crippen molar-refractivity contribution in [3.8, 4) is 11.5 Å². The van der Waals surface area contributed by atoms with E-state index < -0.39 is 0 Å². The Bertz CT molecular complexity index is 483. The normalized spacial score (nSPS) is 10.0. The lowest BCUT2D eigenvalue weighted by Crippen LogP contribution is -1.95. The second-order valence-corrected chi connectivity index (χ2v) is 4.42. The average molecular weight is 293 g/mol. The molecular formula is C14H13BrO2. The van der Waals surface area contributed by atoms with Gasteiger partial charge in [0.05, 0.1) is 11.6 Å². The fraction of sp³-hybridized carbons (Fsp3) is 0.143. The van der Waals surface area contributed by atoms with Crippen molar-refractivity contribution in [3.63, 3.8) is 0 Å². The maximum absolute atomic E-state index is 5.66. The number of hydrogen-bond acceptors (Lipinski definition) is 2. The van der Waals surface area contributed by atoms with Crippen molar-refractivity contribution in [2.24, 2.45) is 0 Å². The third-order valence-electron chi connectivity index (χ3n) is 2.36. The molecule has 0 saturated heterocycles. The van der Waals surface area contributed by atoms with Crippen LogP contribution in [-0.2, 0) is 6.61 Å². The van der Waals surface area contributed by atoms with Crippen molar-refractivity contribution >= 4 is 15.9 Å². The number of rotatable bonds is 4. The Morgan fingerprint density at radius 3 is 2.47 bits per heavy atom. The van der Waals surface area contributed by atoms with Crippen LogP contribution in [0.2, 0.25) is 0 Å². The summed E-state index contributed by atoms with van der Waals surface area (Å²) in [4.78, 5) is 0. The summed E-state index contributed by atoms with van der Waals surface area (Å²) in [5.74, 6) is 1.70. The third-order valence-corrected chi connectivity index (χ3v) is 2.98. The van der Waals surface area contributed by atoms with Gasteiger partial charge in [-0.1, -0.05) is 24.3 Å². The highest BCUT2D eigenvalue weighted by Crippen LogP contribution is 2.26. The molecule has 0 radical (unpaired) electrons. The van der Waals surface area contributed by atoms with Crippen molar-refractivity contribution in [2.75, 3.05) is 7.11 Å². The summed E-state index contributed by atoms with van der Waals surface area (Å²) < 4.78 is 11.8. The first-order valence-electron chi connectivity index (χ1n) is 5.30. The van der Waals surface area contributed by atoms with Crippen LogP contribution in [-0.4, -0.2) is 7.11 Å². The molecule has 0 aliphatic heterocycles. The van der Waals surface area contributed by atoms with E-state index in [0.29, 0.717) is 6.61 Å². The molecule has 0 N–H and O–H groups in total. The lowest BCUT2D eigenvalue weighted by atomic mass is 10.2. The summed E-state index contributed by atoms with van der Waals surface area (Å²) in [6.07, 6.45) is 0. The van der Waals surface area contributed by atoms with E-state index in [0.717, 1.165) is 21.5 Å². The molecule has 2 rings (SSSR count). The third kappa shape index (κ3) is 3.24. The second kappa shape index (κ2) is 5.73. The van der Waals surface area contributed by atoms with E-state index >= 15 is 0 Å². The SMILES string of the molecule is COc1ccc(COc2ccccc2)cc1Br. The molecule has 88 valence electrons. The summed E-state index contributed by atoms with van der Waals surface area (Å²) in [6, 6.07) is 15.7. The van der Waals surface area contributed by atoms with Crippen LogP contribution in [0.3, 0.4) is 0 Å². The quantitative estimate of drug-likeness (QED) is 0.847. The highest BCUT2D eigenvalue weighted by molar-refractivity contribution is 9.10. The first-order valence-corrected chi connectivity index (χ1v) is 6.09. The van der Waals surface area contributed by atoms with E-state index in [1.807, 2.05) is 48.5 Å². The van der Waals surface area contributed by atoms with Crippen LogP contribution in [0.4, 0.5) is 0 Å². The summed E-state index contributed by atoms with van der Waals surface area (Å²) in [6.45, 7) is 0.548. The van der Waals surface area contributed by atoms with E-state index in [9.17, 15) is 0 Å². The molecule has 0 unspecified atom stereocenters. The van der Waals surface area contributed by atoms with Gasteiger partial charge in [-0.05, 0) is 45.8 Å². The van der Waals surface area contributed by atoms with Crippen LogP contribution >= 0.6 is 15.9 Å². The molecule has 0 aromatic heterocycles. The number of hydrogen-bond donors (Lipinski definition) is 0. The van der Waals surface area contributed by atoms with Crippen LogP contribution < -0.4 is 9.47 Å². The van der Waals surface area contributed by atoms with Gasteiger partial charge >= 0.3 is 0 Å². The maximum Gasteiger partial charge on any atom is 0.133 e. The van der Waals surface area contributed by atoms with Gasteiger partial charge in [-0.2, -0.15) is 0 Å². The molecule has 0 amide bonds. The van der Waals surface area contributed by atoms with Gasteiger partial charge in [-0.3, -0.25) is 0 Å². The first-order chi connectivity index (χ1) is 8.29. The first kappa shape index (κ1) is 12.0. The number of ether oxygens (including phenoxy) is 2. The number of methoxy groups -OCH3 is 1. The minimum atomic E-state index is 0.548. The van der Waals surface area contributed by atoms with Crippen molar-refractivity contribution in [1.82, 2.24) is 0 Å². The topological polar surface area (TPSA) is 18.5 Å². The minimum absolute atomic E-state index is 0.548. The fourth-order valence-corrected chi connectivity index (χ4v) is 2.07. The van der Waals surface area contributed by atoms with Gasteiger partial charge < -0.3 is 9.47 Å². The average Bonchev–Trinajstić information content (AvgIpc) is 2.38. The van der Waals surface area contributed by atoms with Crippen molar-refractivity contribution < 1.29 is 9.47 Å². The maximum atomic E-state index is 5.66.